The second-order valence-electron chi connectivity index (χ2n) is 9.03. The predicted octanol–water partition coefficient (Wildman–Crippen LogP) is 8.78. The fourth-order valence-electron chi connectivity index (χ4n) is 4.32. The van der Waals surface area contributed by atoms with Crippen LogP contribution in [0.15, 0.2) is 0 Å². The minimum Gasteiger partial charge on any atom is -0.324 e. The Balaban J connectivity index is 1.79. The summed E-state index contributed by atoms with van der Waals surface area (Å²) in [6.07, 6.45) is 27.0. The molecule has 3 nitrogen and oxygen atoms in total. The van der Waals surface area contributed by atoms with Crippen molar-refractivity contribution in [1.82, 2.24) is 0 Å². The maximum Gasteiger partial charge on any atom is 0.328 e. The molecule has 1 aliphatic carbocycles. The van der Waals surface area contributed by atoms with Crippen LogP contribution in [0.3, 0.4) is 0 Å². The van der Waals surface area contributed by atoms with Gasteiger partial charge in [-0.05, 0) is 19.3 Å². The Hall–Kier alpha value is 0.150. The van der Waals surface area contributed by atoms with Crippen LogP contribution < -0.4 is 0 Å². The third kappa shape index (κ3) is 16.0. The highest BCUT2D eigenvalue weighted by molar-refractivity contribution is 7.52. The number of hydrogen-bond acceptors (Lipinski definition) is 2. The van der Waals surface area contributed by atoms with Gasteiger partial charge in [-0.1, -0.05) is 122 Å². The molecule has 1 aliphatic rings. The minimum atomic E-state index is -3.35. The van der Waals surface area contributed by atoms with Gasteiger partial charge in [-0.25, -0.2) is 0 Å². The lowest BCUT2D eigenvalue weighted by Gasteiger charge is -2.24. The first-order valence-electron chi connectivity index (χ1n) is 12.6. The lowest BCUT2D eigenvalue weighted by Crippen LogP contribution is -2.15. The molecule has 168 valence electrons. The van der Waals surface area contributed by atoms with Gasteiger partial charge in [-0.3, -0.25) is 4.57 Å². The molecule has 0 bridgehead atoms. The maximum atomic E-state index is 12.2. The molecule has 1 N–H and O–H groups in total. The molecule has 1 unspecified atom stereocenters. The fraction of sp³-hybridized carbons (Fsp3) is 1.00. The average molecular weight is 417 g/mol. The van der Waals surface area contributed by atoms with Gasteiger partial charge in [0.15, 0.2) is 0 Å². The Labute approximate surface area is 175 Å². The van der Waals surface area contributed by atoms with Crippen molar-refractivity contribution in [1.29, 1.82) is 0 Å². The predicted molar refractivity (Wildman–Crippen MR) is 122 cm³/mol. The van der Waals surface area contributed by atoms with E-state index in [-0.39, 0.29) is 6.10 Å². The molecule has 28 heavy (non-hydrogen) atoms. The van der Waals surface area contributed by atoms with Crippen LogP contribution in [0.25, 0.3) is 0 Å². The Morgan fingerprint density at radius 1 is 0.679 bits per heavy atom. The summed E-state index contributed by atoms with van der Waals surface area (Å²) in [5.41, 5.74) is 0. The molecule has 4 heteroatoms. The molecule has 0 aromatic heterocycles. The molecule has 0 aliphatic heterocycles. The number of hydrogen-bond donors (Lipinski definition) is 1. The third-order valence-corrected chi connectivity index (χ3v) is 7.67. The highest BCUT2D eigenvalue weighted by atomic mass is 31.2. The molecule has 1 fully saturated rings. The molecule has 0 aromatic carbocycles. The van der Waals surface area contributed by atoms with Gasteiger partial charge in [-0.2, -0.15) is 0 Å². The van der Waals surface area contributed by atoms with Gasteiger partial charge in [0.2, 0.25) is 0 Å². The summed E-state index contributed by atoms with van der Waals surface area (Å²) < 4.78 is 17.7. The molecular formula is C24H49O3P. The summed E-state index contributed by atoms with van der Waals surface area (Å²) in [7, 11) is -3.35. The molecule has 0 radical (unpaired) electrons. The highest BCUT2D eigenvalue weighted by Gasteiger charge is 2.25. The van der Waals surface area contributed by atoms with Gasteiger partial charge < -0.3 is 9.42 Å². The number of rotatable bonds is 19. The normalized spacial score (nSPS) is 17.6. The molecular weight excluding hydrogens is 367 g/mol. The summed E-state index contributed by atoms with van der Waals surface area (Å²) in [5, 5.41) is 0. The van der Waals surface area contributed by atoms with Gasteiger partial charge in [0.05, 0.1) is 6.10 Å². The van der Waals surface area contributed by atoms with E-state index in [1.165, 1.54) is 96.3 Å². The molecule has 1 saturated carbocycles. The summed E-state index contributed by atoms with van der Waals surface area (Å²) in [4.78, 5) is 10.0. The van der Waals surface area contributed by atoms with Crippen LogP contribution in [0.1, 0.15) is 142 Å². The van der Waals surface area contributed by atoms with Gasteiger partial charge in [0.1, 0.15) is 0 Å². The maximum absolute atomic E-state index is 12.2. The largest absolute Gasteiger partial charge is 0.328 e. The fourth-order valence-corrected chi connectivity index (χ4v) is 5.72. The molecule has 0 aromatic rings. The molecule has 1 atom stereocenters. The Morgan fingerprint density at radius 3 is 1.50 bits per heavy atom. The molecule has 1 rings (SSSR count). The zero-order chi connectivity index (χ0) is 20.3. The van der Waals surface area contributed by atoms with Gasteiger partial charge in [-0.15, -0.1) is 0 Å². The SMILES string of the molecule is CCCCCCCCCCCCCCCCCCP(=O)(O)OC1CCCCC1. The van der Waals surface area contributed by atoms with E-state index in [9.17, 15) is 9.46 Å². The van der Waals surface area contributed by atoms with Crippen LogP contribution >= 0.6 is 7.60 Å². The van der Waals surface area contributed by atoms with Crippen molar-refractivity contribution in [3.8, 4) is 0 Å². The van der Waals surface area contributed by atoms with Gasteiger partial charge >= 0.3 is 7.60 Å². The van der Waals surface area contributed by atoms with Crippen LogP contribution in [0, 0.1) is 0 Å². The number of unbranched alkanes of at least 4 members (excludes halogenated alkanes) is 15. The smallest absolute Gasteiger partial charge is 0.324 e. The Bertz CT molecular complexity index is 380. The van der Waals surface area contributed by atoms with E-state index in [0.29, 0.717) is 6.16 Å². The standard InChI is InChI=1S/C24H49O3P/c1-2-3-4-5-6-7-8-9-10-11-12-13-14-15-16-20-23-28(25,26)27-24-21-18-17-19-22-24/h24H,2-23H2,1H3,(H,25,26). The second-order valence-corrected chi connectivity index (χ2v) is 11.0. The average Bonchev–Trinajstić information content (AvgIpc) is 2.68. The van der Waals surface area contributed by atoms with Crippen LogP contribution in [0.4, 0.5) is 0 Å². The first-order chi connectivity index (χ1) is 13.6. The summed E-state index contributed by atoms with van der Waals surface area (Å²) >= 11 is 0. The van der Waals surface area contributed by atoms with Crippen LogP contribution in [0.2, 0.25) is 0 Å². The van der Waals surface area contributed by atoms with E-state index in [2.05, 4.69) is 6.92 Å². The summed E-state index contributed by atoms with van der Waals surface area (Å²) in [5.74, 6) is 0. The van der Waals surface area contributed by atoms with E-state index in [4.69, 9.17) is 4.52 Å². The lowest BCUT2D eigenvalue weighted by atomic mass is 9.98. The van der Waals surface area contributed by atoms with E-state index in [1.54, 1.807) is 0 Å². The molecule has 0 spiro atoms. The van der Waals surface area contributed by atoms with Crippen molar-refractivity contribution in [3.63, 3.8) is 0 Å². The van der Waals surface area contributed by atoms with Gasteiger partial charge in [0.25, 0.3) is 0 Å². The van der Waals surface area contributed by atoms with E-state index >= 15 is 0 Å². The van der Waals surface area contributed by atoms with Crippen LogP contribution in [-0.4, -0.2) is 17.2 Å². The molecule has 0 heterocycles. The van der Waals surface area contributed by atoms with Crippen molar-refractivity contribution >= 4 is 7.60 Å². The Kier molecular flexibility index (Phi) is 16.8. The van der Waals surface area contributed by atoms with Crippen LogP contribution in [0.5, 0.6) is 0 Å². The lowest BCUT2D eigenvalue weighted by molar-refractivity contribution is 0.135. The highest BCUT2D eigenvalue weighted by Crippen LogP contribution is 2.46. The van der Waals surface area contributed by atoms with Crippen molar-refractivity contribution < 1.29 is 14.0 Å². The zero-order valence-corrected chi connectivity index (χ0v) is 19.7. The van der Waals surface area contributed by atoms with E-state index in [1.807, 2.05) is 0 Å². The van der Waals surface area contributed by atoms with Crippen molar-refractivity contribution in [2.24, 2.45) is 0 Å². The monoisotopic (exact) mass is 416 g/mol. The molecule has 0 amide bonds. The third-order valence-electron chi connectivity index (χ3n) is 6.16. The first kappa shape index (κ1) is 26.2. The quantitative estimate of drug-likeness (QED) is 0.169. The van der Waals surface area contributed by atoms with Crippen LogP contribution in [-0.2, 0) is 9.09 Å². The van der Waals surface area contributed by atoms with E-state index in [0.717, 1.165) is 38.5 Å². The Morgan fingerprint density at radius 2 is 1.07 bits per heavy atom. The zero-order valence-electron chi connectivity index (χ0n) is 18.8. The van der Waals surface area contributed by atoms with Crippen molar-refractivity contribution in [2.75, 3.05) is 6.16 Å². The van der Waals surface area contributed by atoms with E-state index < -0.39 is 7.60 Å². The summed E-state index contributed by atoms with van der Waals surface area (Å²) in [6, 6.07) is 0. The summed E-state index contributed by atoms with van der Waals surface area (Å²) in [6.45, 7) is 2.28. The molecule has 0 saturated heterocycles. The first-order valence-corrected chi connectivity index (χ1v) is 14.4. The van der Waals surface area contributed by atoms with Crippen molar-refractivity contribution in [2.45, 2.75) is 148 Å². The second kappa shape index (κ2) is 18.0. The van der Waals surface area contributed by atoms with Crippen molar-refractivity contribution in [3.05, 3.63) is 0 Å². The van der Waals surface area contributed by atoms with Gasteiger partial charge in [0, 0.05) is 6.16 Å². The minimum absolute atomic E-state index is 0.0330. The topological polar surface area (TPSA) is 46.5 Å².